The van der Waals surface area contributed by atoms with E-state index in [-0.39, 0.29) is 22.7 Å². The van der Waals surface area contributed by atoms with Gasteiger partial charge in [-0.2, -0.15) is 0 Å². The molecular weight excluding hydrogens is 348 g/mol. The van der Waals surface area contributed by atoms with Crippen LogP contribution in [0.25, 0.3) is 0 Å². The molecule has 0 N–H and O–H groups in total. The maximum Gasteiger partial charge on any atom is 0.330 e. The molecule has 0 spiro atoms. The van der Waals surface area contributed by atoms with Gasteiger partial charge in [-0.1, -0.05) is 44.1 Å². The highest BCUT2D eigenvalue weighted by Crippen LogP contribution is 2.66. The first kappa shape index (κ1) is 19.7. The Morgan fingerprint density at radius 1 is 1.18 bits per heavy atom. The van der Waals surface area contributed by atoms with Crippen LogP contribution in [0.4, 0.5) is 0 Å². The van der Waals surface area contributed by atoms with E-state index in [1.54, 1.807) is 6.08 Å². The number of carbonyl (C=O) groups excluding carboxylic acids is 2. The number of allylic oxidation sites excluding steroid dienone is 5. The Morgan fingerprint density at radius 3 is 2.71 bits per heavy atom. The van der Waals surface area contributed by atoms with Crippen molar-refractivity contribution in [2.45, 2.75) is 65.7 Å². The standard InChI is InChI=1S/C25H34O3/c1-16(5-10-23(27)28-4)20-8-9-21-19-7-6-17-15-18(26)11-13-24(17,2)22(19)12-14-25(20,21)3/h5,8,10,15-16,19,21-22H,6-7,9,11-14H2,1-4H3/b10-5+/t16?,19?,21?,22?,24-,25?/m0/s1. The highest BCUT2D eigenvalue weighted by atomic mass is 16.5. The van der Waals surface area contributed by atoms with Crippen LogP contribution in [0.1, 0.15) is 65.7 Å². The molecule has 5 unspecified atom stereocenters. The van der Waals surface area contributed by atoms with E-state index >= 15 is 0 Å². The molecule has 0 heterocycles. The quantitative estimate of drug-likeness (QED) is 0.372. The topological polar surface area (TPSA) is 43.4 Å². The molecule has 3 nitrogen and oxygen atoms in total. The van der Waals surface area contributed by atoms with Crippen LogP contribution in [0.5, 0.6) is 0 Å². The fraction of sp³-hybridized carbons (Fsp3) is 0.680. The largest absolute Gasteiger partial charge is 0.466 e. The molecule has 6 atom stereocenters. The molecule has 0 bridgehead atoms. The Bertz CT molecular complexity index is 773. The van der Waals surface area contributed by atoms with Gasteiger partial charge in [0.2, 0.25) is 0 Å². The van der Waals surface area contributed by atoms with Crippen molar-refractivity contribution in [3.05, 3.63) is 35.5 Å². The van der Waals surface area contributed by atoms with Crippen molar-refractivity contribution in [1.82, 2.24) is 0 Å². The van der Waals surface area contributed by atoms with Gasteiger partial charge < -0.3 is 4.74 Å². The molecule has 3 heteroatoms. The van der Waals surface area contributed by atoms with Gasteiger partial charge in [-0.15, -0.1) is 0 Å². The van der Waals surface area contributed by atoms with E-state index in [0.717, 1.165) is 31.6 Å². The molecular formula is C25H34O3. The number of hydrogen-bond donors (Lipinski definition) is 0. The molecule has 0 aromatic heterocycles. The summed E-state index contributed by atoms with van der Waals surface area (Å²) in [5.74, 6) is 2.50. The molecule has 4 aliphatic carbocycles. The van der Waals surface area contributed by atoms with E-state index in [4.69, 9.17) is 4.74 Å². The number of ether oxygens (including phenoxy) is 1. The summed E-state index contributed by atoms with van der Waals surface area (Å²) in [5.41, 5.74) is 3.43. The van der Waals surface area contributed by atoms with Gasteiger partial charge >= 0.3 is 5.97 Å². The average Bonchev–Trinajstić information content (AvgIpc) is 3.03. The fourth-order valence-electron chi connectivity index (χ4n) is 7.26. The molecule has 0 radical (unpaired) electrons. The van der Waals surface area contributed by atoms with Crippen molar-refractivity contribution < 1.29 is 14.3 Å². The van der Waals surface area contributed by atoms with Gasteiger partial charge in [0.1, 0.15) is 0 Å². The number of esters is 1. The van der Waals surface area contributed by atoms with Gasteiger partial charge in [0.05, 0.1) is 7.11 Å². The predicted octanol–water partition coefficient (Wildman–Crippen LogP) is 5.42. The highest BCUT2D eigenvalue weighted by Gasteiger charge is 2.57. The summed E-state index contributed by atoms with van der Waals surface area (Å²) in [5, 5.41) is 0. The Morgan fingerprint density at radius 2 is 1.96 bits per heavy atom. The molecule has 0 saturated heterocycles. The minimum Gasteiger partial charge on any atom is -0.466 e. The minimum atomic E-state index is -0.276. The Labute approximate surface area is 169 Å². The van der Waals surface area contributed by atoms with Crippen LogP contribution in [0.3, 0.4) is 0 Å². The van der Waals surface area contributed by atoms with Gasteiger partial charge in [0, 0.05) is 12.5 Å². The van der Waals surface area contributed by atoms with Gasteiger partial charge in [0.25, 0.3) is 0 Å². The van der Waals surface area contributed by atoms with Crippen LogP contribution in [-0.4, -0.2) is 18.9 Å². The Kier molecular flexibility index (Phi) is 4.92. The smallest absolute Gasteiger partial charge is 0.330 e. The molecule has 2 fully saturated rings. The van der Waals surface area contributed by atoms with Crippen LogP contribution < -0.4 is 0 Å². The third-order valence-electron chi connectivity index (χ3n) is 8.82. The zero-order valence-electron chi connectivity index (χ0n) is 17.8. The van der Waals surface area contributed by atoms with Crippen molar-refractivity contribution >= 4 is 11.8 Å². The second-order valence-corrected chi connectivity index (χ2v) is 9.99. The summed E-state index contributed by atoms with van der Waals surface area (Å²) < 4.78 is 4.76. The van der Waals surface area contributed by atoms with Gasteiger partial charge in [-0.25, -0.2) is 4.79 Å². The lowest BCUT2D eigenvalue weighted by atomic mass is 9.46. The first-order chi connectivity index (χ1) is 13.3. The van der Waals surface area contributed by atoms with Crippen LogP contribution >= 0.6 is 0 Å². The van der Waals surface area contributed by atoms with Gasteiger partial charge in [-0.05, 0) is 79.1 Å². The van der Waals surface area contributed by atoms with Gasteiger partial charge in [0.15, 0.2) is 5.78 Å². The summed E-state index contributed by atoms with van der Waals surface area (Å²) in [6.45, 7) is 7.11. The Balaban J connectivity index is 1.56. The zero-order chi connectivity index (χ0) is 20.1. The van der Waals surface area contributed by atoms with Crippen molar-refractivity contribution in [1.29, 1.82) is 0 Å². The first-order valence-electron chi connectivity index (χ1n) is 11.0. The minimum absolute atomic E-state index is 0.233. The van der Waals surface area contributed by atoms with E-state index in [2.05, 4.69) is 26.8 Å². The first-order valence-corrected chi connectivity index (χ1v) is 11.0. The number of hydrogen-bond acceptors (Lipinski definition) is 3. The fourth-order valence-corrected chi connectivity index (χ4v) is 7.26. The summed E-state index contributed by atoms with van der Waals surface area (Å²) in [6.07, 6.45) is 15.8. The monoisotopic (exact) mass is 382 g/mol. The van der Waals surface area contributed by atoms with Crippen molar-refractivity contribution in [2.75, 3.05) is 7.11 Å². The molecule has 0 aromatic carbocycles. The summed E-state index contributed by atoms with van der Waals surface area (Å²) in [6, 6.07) is 0. The summed E-state index contributed by atoms with van der Waals surface area (Å²) >= 11 is 0. The van der Waals surface area contributed by atoms with Crippen LogP contribution in [0, 0.1) is 34.5 Å². The lowest BCUT2D eigenvalue weighted by Gasteiger charge is -2.58. The maximum atomic E-state index is 12.0. The SMILES string of the molecule is COC(=O)/C=C/C(C)C1=CCC2C3CCC4=CC(=O)CC[C@]4(C)C3CCC12C. The number of fused-ring (bicyclic) bond motifs is 5. The highest BCUT2D eigenvalue weighted by molar-refractivity contribution is 5.91. The van der Waals surface area contributed by atoms with Crippen molar-refractivity contribution in [3.8, 4) is 0 Å². The van der Waals surface area contributed by atoms with Crippen molar-refractivity contribution in [2.24, 2.45) is 34.5 Å². The number of methoxy groups -OCH3 is 1. The number of ketones is 1. The maximum absolute atomic E-state index is 12.0. The molecule has 0 amide bonds. The average molecular weight is 383 g/mol. The Hall–Kier alpha value is -1.64. The number of carbonyl (C=O) groups is 2. The molecule has 4 aliphatic rings. The van der Waals surface area contributed by atoms with Crippen LogP contribution in [-0.2, 0) is 14.3 Å². The second-order valence-electron chi connectivity index (χ2n) is 9.99. The number of rotatable bonds is 3. The third kappa shape index (κ3) is 2.93. The van der Waals surface area contributed by atoms with E-state index in [9.17, 15) is 9.59 Å². The predicted molar refractivity (Wildman–Crippen MR) is 110 cm³/mol. The van der Waals surface area contributed by atoms with E-state index in [0.29, 0.717) is 17.6 Å². The second kappa shape index (κ2) is 7.00. The molecule has 0 aliphatic heterocycles. The normalized spacial score (nSPS) is 40.9. The van der Waals surface area contributed by atoms with Crippen LogP contribution in [0.2, 0.25) is 0 Å². The van der Waals surface area contributed by atoms with Crippen LogP contribution in [0.15, 0.2) is 35.5 Å². The van der Waals surface area contributed by atoms with Gasteiger partial charge in [-0.3, -0.25) is 4.79 Å². The molecule has 152 valence electrons. The molecule has 28 heavy (non-hydrogen) atoms. The lowest BCUT2D eigenvalue weighted by molar-refractivity contribution is -0.134. The van der Waals surface area contributed by atoms with E-state index in [1.807, 2.05) is 12.2 Å². The van der Waals surface area contributed by atoms with Crippen molar-refractivity contribution in [3.63, 3.8) is 0 Å². The third-order valence-corrected chi connectivity index (χ3v) is 8.82. The zero-order valence-corrected chi connectivity index (χ0v) is 17.8. The summed E-state index contributed by atoms with van der Waals surface area (Å²) in [4.78, 5) is 23.5. The molecule has 4 rings (SSSR count). The lowest BCUT2D eigenvalue weighted by Crippen LogP contribution is -2.50. The summed E-state index contributed by atoms with van der Waals surface area (Å²) in [7, 11) is 1.43. The van der Waals surface area contributed by atoms with E-state index < -0.39 is 0 Å². The molecule has 2 saturated carbocycles. The molecule has 0 aromatic rings. The van der Waals surface area contributed by atoms with E-state index in [1.165, 1.54) is 37.5 Å².